The SMILES string of the molecule is Cc1ccc(Nc2nc(CSc3nc(CN4CCOCC4)nc4ccccc34)cs2)cc1. The summed E-state index contributed by atoms with van der Waals surface area (Å²) < 4.78 is 5.47. The van der Waals surface area contributed by atoms with Gasteiger partial charge >= 0.3 is 0 Å². The molecule has 8 heteroatoms. The van der Waals surface area contributed by atoms with Gasteiger partial charge in [-0.1, -0.05) is 47.7 Å². The maximum atomic E-state index is 5.47. The Morgan fingerprint density at radius 2 is 1.84 bits per heavy atom. The van der Waals surface area contributed by atoms with Gasteiger partial charge in [0.25, 0.3) is 0 Å². The number of anilines is 2. The van der Waals surface area contributed by atoms with Gasteiger partial charge in [-0.25, -0.2) is 15.0 Å². The number of fused-ring (bicyclic) bond motifs is 1. The lowest BCUT2D eigenvalue weighted by Gasteiger charge is -2.25. The van der Waals surface area contributed by atoms with Crippen molar-refractivity contribution in [1.29, 1.82) is 0 Å². The molecule has 0 radical (unpaired) electrons. The summed E-state index contributed by atoms with van der Waals surface area (Å²) >= 11 is 3.35. The molecular weight excluding hydrogens is 438 g/mol. The Morgan fingerprint density at radius 1 is 1.03 bits per heavy atom. The summed E-state index contributed by atoms with van der Waals surface area (Å²) in [4.78, 5) is 16.8. The van der Waals surface area contributed by atoms with Gasteiger partial charge in [0.15, 0.2) is 5.13 Å². The van der Waals surface area contributed by atoms with Crippen LogP contribution in [0.5, 0.6) is 0 Å². The number of benzene rings is 2. The Bertz CT molecular complexity index is 1190. The molecule has 0 unspecified atom stereocenters. The number of nitrogens with one attached hydrogen (secondary N) is 1. The Morgan fingerprint density at radius 3 is 2.69 bits per heavy atom. The second-order valence-electron chi connectivity index (χ2n) is 7.77. The average Bonchev–Trinajstić information content (AvgIpc) is 3.27. The lowest BCUT2D eigenvalue weighted by Crippen LogP contribution is -2.36. The van der Waals surface area contributed by atoms with E-state index >= 15 is 0 Å². The van der Waals surface area contributed by atoms with Gasteiger partial charge in [-0.2, -0.15) is 0 Å². The lowest BCUT2D eigenvalue weighted by molar-refractivity contribution is 0.0330. The minimum atomic E-state index is 0.753. The molecule has 0 bridgehead atoms. The van der Waals surface area contributed by atoms with E-state index < -0.39 is 0 Å². The molecule has 1 aliphatic rings. The van der Waals surface area contributed by atoms with Gasteiger partial charge in [0.05, 0.1) is 31.0 Å². The van der Waals surface area contributed by atoms with Crippen molar-refractivity contribution in [2.45, 2.75) is 24.2 Å². The number of para-hydroxylation sites is 1. The van der Waals surface area contributed by atoms with Crippen LogP contribution >= 0.6 is 23.1 Å². The topological polar surface area (TPSA) is 63.2 Å². The number of aromatic nitrogens is 3. The molecule has 6 nitrogen and oxygen atoms in total. The highest BCUT2D eigenvalue weighted by atomic mass is 32.2. The highest BCUT2D eigenvalue weighted by Gasteiger charge is 2.15. The fourth-order valence-corrected chi connectivity index (χ4v) is 5.33. The van der Waals surface area contributed by atoms with Crippen molar-refractivity contribution < 1.29 is 4.74 Å². The third-order valence-corrected chi connectivity index (χ3v) is 7.13. The molecule has 1 saturated heterocycles. The predicted molar refractivity (Wildman–Crippen MR) is 132 cm³/mol. The quantitative estimate of drug-likeness (QED) is 0.296. The molecular formula is C24H25N5OS2. The van der Waals surface area contributed by atoms with Crippen molar-refractivity contribution in [3.05, 3.63) is 71.0 Å². The summed E-state index contributed by atoms with van der Waals surface area (Å²) in [7, 11) is 0. The Kier molecular flexibility index (Phi) is 6.64. The van der Waals surface area contributed by atoms with E-state index in [0.717, 1.165) is 76.9 Å². The van der Waals surface area contributed by atoms with Gasteiger partial charge in [0.1, 0.15) is 10.9 Å². The van der Waals surface area contributed by atoms with E-state index in [1.165, 1.54) is 5.56 Å². The summed E-state index contributed by atoms with van der Waals surface area (Å²) in [6.07, 6.45) is 0. The van der Waals surface area contributed by atoms with Crippen molar-refractivity contribution >= 4 is 44.8 Å². The smallest absolute Gasteiger partial charge is 0.187 e. The Balaban J connectivity index is 1.30. The monoisotopic (exact) mass is 463 g/mol. The van der Waals surface area contributed by atoms with Crippen LogP contribution in [0.25, 0.3) is 10.9 Å². The van der Waals surface area contributed by atoms with Crippen molar-refractivity contribution in [3.8, 4) is 0 Å². The first-order valence-corrected chi connectivity index (χ1v) is 12.6. The van der Waals surface area contributed by atoms with Gasteiger partial charge in [-0.3, -0.25) is 4.90 Å². The largest absolute Gasteiger partial charge is 0.379 e. The van der Waals surface area contributed by atoms with Crippen molar-refractivity contribution in [1.82, 2.24) is 19.9 Å². The maximum Gasteiger partial charge on any atom is 0.187 e. The van der Waals surface area contributed by atoms with Gasteiger partial charge in [0, 0.05) is 35.3 Å². The highest BCUT2D eigenvalue weighted by Crippen LogP contribution is 2.30. The van der Waals surface area contributed by atoms with E-state index in [1.807, 2.05) is 12.1 Å². The molecule has 3 heterocycles. The van der Waals surface area contributed by atoms with Crippen LogP contribution in [0, 0.1) is 6.92 Å². The predicted octanol–water partition coefficient (Wildman–Crippen LogP) is 5.26. The third-order valence-electron chi connectivity index (χ3n) is 5.29. The van der Waals surface area contributed by atoms with Crippen molar-refractivity contribution in [3.63, 3.8) is 0 Å². The molecule has 1 N–H and O–H groups in total. The van der Waals surface area contributed by atoms with Gasteiger partial charge < -0.3 is 10.1 Å². The molecule has 4 aromatic rings. The van der Waals surface area contributed by atoms with E-state index in [4.69, 9.17) is 19.7 Å². The van der Waals surface area contributed by atoms with Crippen LogP contribution in [0.1, 0.15) is 17.1 Å². The van der Waals surface area contributed by atoms with Gasteiger partial charge in [0.2, 0.25) is 0 Å². The Labute approximate surface area is 196 Å². The molecule has 2 aromatic heterocycles. The van der Waals surface area contributed by atoms with E-state index in [9.17, 15) is 0 Å². The van der Waals surface area contributed by atoms with Crippen LogP contribution in [0.2, 0.25) is 0 Å². The molecule has 2 aromatic carbocycles. The van der Waals surface area contributed by atoms with E-state index in [2.05, 4.69) is 58.9 Å². The first-order valence-electron chi connectivity index (χ1n) is 10.7. The molecule has 1 aliphatic heterocycles. The average molecular weight is 464 g/mol. The molecule has 0 amide bonds. The molecule has 32 heavy (non-hydrogen) atoms. The van der Waals surface area contributed by atoms with Crippen LogP contribution in [0.15, 0.2) is 58.9 Å². The zero-order valence-electron chi connectivity index (χ0n) is 18.0. The number of ether oxygens (including phenoxy) is 1. The van der Waals surface area contributed by atoms with Crippen molar-refractivity contribution in [2.75, 3.05) is 31.6 Å². The number of aryl methyl sites for hydroxylation is 1. The van der Waals surface area contributed by atoms with E-state index in [1.54, 1.807) is 23.1 Å². The Hall–Kier alpha value is -2.52. The number of morpholine rings is 1. The minimum absolute atomic E-state index is 0.753. The number of thioether (sulfide) groups is 1. The summed E-state index contributed by atoms with van der Waals surface area (Å²) in [5, 5.41) is 8.52. The summed E-state index contributed by atoms with van der Waals surface area (Å²) in [6, 6.07) is 16.6. The zero-order chi connectivity index (χ0) is 21.8. The summed E-state index contributed by atoms with van der Waals surface area (Å²) in [6.45, 7) is 6.24. The second kappa shape index (κ2) is 9.95. The molecule has 5 rings (SSSR count). The first kappa shape index (κ1) is 21.3. The third kappa shape index (κ3) is 5.27. The molecule has 0 aliphatic carbocycles. The highest BCUT2D eigenvalue weighted by molar-refractivity contribution is 7.98. The maximum absolute atomic E-state index is 5.47. The number of hydrogen-bond donors (Lipinski definition) is 1. The van der Waals surface area contributed by atoms with Gasteiger partial charge in [-0.15, -0.1) is 11.3 Å². The summed E-state index contributed by atoms with van der Waals surface area (Å²) in [5.41, 5.74) is 4.34. The molecule has 0 atom stereocenters. The van der Waals surface area contributed by atoms with Crippen LogP contribution < -0.4 is 5.32 Å². The first-order chi connectivity index (χ1) is 15.7. The van der Waals surface area contributed by atoms with Crippen LogP contribution in [-0.4, -0.2) is 46.2 Å². The van der Waals surface area contributed by atoms with Crippen LogP contribution in [0.4, 0.5) is 10.8 Å². The molecule has 0 saturated carbocycles. The van der Waals surface area contributed by atoms with Crippen LogP contribution in [-0.2, 0) is 17.0 Å². The lowest BCUT2D eigenvalue weighted by atomic mass is 10.2. The number of thiazole rings is 1. The minimum Gasteiger partial charge on any atom is -0.379 e. The second-order valence-corrected chi connectivity index (χ2v) is 9.60. The molecule has 0 spiro atoms. The normalized spacial score (nSPS) is 14.7. The number of nitrogens with zero attached hydrogens (tertiary/aromatic N) is 4. The van der Waals surface area contributed by atoms with E-state index in [-0.39, 0.29) is 0 Å². The fraction of sp³-hybridized carbons (Fsp3) is 0.292. The standard InChI is InChI=1S/C24H25N5OS2/c1-17-6-8-18(9-7-17)25-24-26-19(16-32-24)15-31-23-20-4-2-3-5-21(20)27-22(28-23)14-29-10-12-30-13-11-29/h2-9,16H,10-15H2,1H3,(H,25,26). The molecule has 164 valence electrons. The molecule has 1 fully saturated rings. The zero-order valence-corrected chi connectivity index (χ0v) is 19.6. The van der Waals surface area contributed by atoms with E-state index in [0.29, 0.717) is 0 Å². The number of rotatable bonds is 7. The fourth-order valence-electron chi connectivity index (χ4n) is 3.57. The number of hydrogen-bond acceptors (Lipinski definition) is 8. The van der Waals surface area contributed by atoms with Crippen molar-refractivity contribution in [2.24, 2.45) is 0 Å². The van der Waals surface area contributed by atoms with Gasteiger partial charge in [-0.05, 0) is 25.1 Å². The van der Waals surface area contributed by atoms with Crippen LogP contribution in [0.3, 0.4) is 0 Å². The summed E-state index contributed by atoms with van der Waals surface area (Å²) in [5.74, 6) is 1.64.